The number of hydrogen-bond donors (Lipinski definition) is 2. The number of piperidine rings is 1. The van der Waals surface area contributed by atoms with E-state index in [1.54, 1.807) is 24.1 Å². The molecule has 8 heterocycles. The number of nitrogens with zero attached hydrogens (tertiary/aromatic N) is 10. The molecule has 5 aliphatic rings. The lowest BCUT2D eigenvalue weighted by Gasteiger charge is -2.52. The van der Waals surface area contributed by atoms with Crippen LogP contribution in [0, 0.1) is 23.2 Å². The van der Waals surface area contributed by atoms with Crippen LogP contribution in [0.1, 0.15) is 91.5 Å². The third-order valence-corrected chi connectivity index (χ3v) is 14.1. The number of para-hydroxylation sites is 1. The lowest BCUT2D eigenvalue weighted by molar-refractivity contribution is -0.135. The molecule has 2 N–H and O–H groups in total. The Morgan fingerprint density at radius 3 is 2.53 bits per heavy atom. The molecule has 17 nitrogen and oxygen atoms in total. The van der Waals surface area contributed by atoms with Gasteiger partial charge in [0, 0.05) is 90.3 Å². The second-order valence-electron chi connectivity index (χ2n) is 18.1. The Morgan fingerprint density at radius 2 is 1.78 bits per heavy atom. The summed E-state index contributed by atoms with van der Waals surface area (Å²) < 4.78 is 40.4. The maximum atomic E-state index is 14.3. The van der Waals surface area contributed by atoms with Crippen molar-refractivity contribution in [2.45, 2.75) is 69.9 Å². The Morgan fingerprint density at radius 1 is 1.02 bits per heavy atom. The first kappa shape index (κ1) is 42.0. The number of halogens is 2. The lowest BCUT2D eigenvalue weighted by atomic mass is 9.73. The largest absolute Gasteiger partial charge is 0.381 e. The summed E-state index contributed by atoms with van der Waals surface area (Å²) in [6.07, 6.45) is 7.87. The van der Waals surface area contributed by atoms with E-state index in [4.69, 9.17) is 9.72 Å². The van der Waals surface area contributed by atoms with Crippen LogP contribution in [0.4, 0.5) is 20.3 Å². The molecule has 10 rings (SSSR count). The van der Waals surface area contributed by atoms with E-state index >= 15 is 0 Å². The summed E-state index contributed by atoms with van der Waals surface area (Å²) in [7, 11) is 1.68. The zero-order valence-electron chi connectivity index (χ0n) is 35.8. The van der Waals surface area contributed by atoms with E-state index in [9.17, 15) is 28.0 Å². The molecule has 1 unspecified atom stereocenters. The van der Waals surface area contributed by atoms with Gasteiger partial charge in [0.05, 0.1) is 41.1 Å². The van der Waals surface area contributed by atoms with Crippen LogP contribution in [-0.2, 0) is 21.4 Å². The normalized spacial score (nSPS) is 23.1. The average molecular weight is 879 g/mol. The molecule has 5 aromatic rings. The van der Waals surface area contributed by atoms with Crippen molar-refractivity contribution in [1.29, 1.82) is 0 Å². The number of imide groups is 1. The molecule has 1 aromatic carbocycles. The number of benzene rings is 1. The van der Waals surface area contributed by atoms with Gasteiger partial charge in [-0.1, -0.05) is 17.9 Å². The number of piperazine rings is 1. The van der Waals surface area contributed by atoms with Gasteiger partial charge in [0.2, 0.25) is 11.8 Å². The number of fused-ring (bicyclic) bond motifs is 2. The molecule has 0 bridgehead atoms. The number of carbonyl (C=O) groups is 3. The van der Waals surface area contributed by atoms with Gasteiger partial charge in [-0.2, -0.15) is 10.2 Å². The van der Waals surface area contributed by atoms with Crippen LogP contribution in [-0.4, -0.2) is 127 Å². The zero-order valence-corrected chi connectivity index (χ0v) is 35.8. The van der Waals surface area contributed by atoms with Crippen LogP contribution >= 0.6 is 0 Å². The summed E-state index contributed by atoms with van der Waals surface area (Å²) in [4.78, 5) is 63.0. The number of ether oxygens (including phenoxy) is 1. The predicted octanol–water partition coefficient (Wildman–Crippen LogP) is 3.76. The Kier molecular flexibility index (Phi) is 11.3. The molecule has 4 aromatic heterocycles. The van der Waals surface area contributed by atoms with Gasteiger partial charge in [-0.25, -0.2) is 23.1 Å². The number of alkyl halides is 2. The molecule has 19 heteroatoms. The van der Waals surface area contributed by atoms with Crippen LogP contribution in [0.3, 0.4) is 0 Å². The van der Waals surface area contributed by atoms with E-state index < -0.39 is 30.0 Å². The lowest BCUT2D eigenvalue weighted by Crippen LogP contribution is -2.58. The van der Waals surface area contributed by atoms with Gasteiger partial charge < -0.3 is 19.9 Å². The van der Waals surface area contributed by atoms with Crippen molar-refractivity contribution in [2.24, 2.45) is 18.4 Å². The van der Waals surface area contributed by atoms with Gasteiger partial charge in [0.25, 0.3) is 12.3 Å². The van der Waals surface area contributed by atoms with Crippen LogP contribution in [0.2, 0.25) is 0 Å². The number of amides is 3. The van der Waals surface area contributed by atoms with Gasteiger partial charge in [-0.3, -0.25) is 38.4 Å². The summed E-state index contributed by atoms with van der Waals surface area (Å²) in [6.45, 7) is 8.43. The molecule has 3 amide bonds. The Hall–Kier alpha value is -5.97. The number of carbonyl (C=O) groups excluding carboxylic acids is 3. The van der Waals surface area contributed by atoms with E-state index in [1.807, 2.05) is 24.3 Å². The first-order chi connectivity index (χ1) is 31.0. The molecule has 4 saturated heterocycles. The van der Waals surface area contributed by atoms with Crippen molar-refractivity contribution in [2.75, 3.05) is 75.8 Å². The van der Waals surface area contributed by atoms with E-state index in [1.165, 1.54) is 19.8 Å². The van der Waals surface area contributed by atoms with Crippen molar-refractivity contribution in [3.05, 3.63) is 70.2 Å². The maximum absolute atomic E-state index is 14.3. The second kappa shape index (κ2) is 17.2. The first-order valence-corrected chi connectivity index (χ1v) is 22.4. The van der Waals surface area contributed by atoms with Crippen molar-refractivity contribution in [1.82, 2.24) is 48.6 Å². The highest BCUT2D eigenvalue weighted by Gasteiger charge is 2.44. The van der Waals surface area contributed by atoms with E-state index in [2.05, 4.69) is 47.4 Å². The number of imidazole rings is 1. The quantitative estimate of drug-likeness (QED) is 0.163. The van der Waals surface area contributed by atoms with Gasteiger partial charge in [0.1, 0.15) is 17.4 Å². The molecule has 1 aliphatic carbocycles. The number of nitrogens with one attached hydrogen (secondary N) is 2. The van der Waals surface area contributed by atoms with Gasteiger partial charge in [0.15, 0.2) is 11.3 Å². The molecule has 5 fully saturated rings. The van der Waals surface area contributed by atoms with Crippen molar-refractivity contribution in [3.8, 4) is 11.8 Å². The monoisotopic (exact) mass is 878 g/mol. The molecule has 336 valence electrons. The van der Waals surface area contributed by atoms with Crippen molar-refractivity contribution in [3.63, 3.8) is 0 Å². The molecule has 4 aliphatic heterocycles. The minimum atomic E-state index is -2.86. The first-order valence-electron chi connectivity index (χ1n) is 22.4. The molecule has 1 spiro atoms. The maximum Gasteiger partial charge on any atom is 0.329 e. The Bertz CT molecular complexity index is 2720. The highest BCUT2D eigenvalue weighted by molar-refractivity contribution is 6.08. The summed E-state index contributed by atoms with van der Waals surface area (Å²) in [5, 5.41) is 13.7. The Labute approximate surface area is 367 Å². The highest BCUT2D eigenvalue weighted by atomic mass is 19.3. The number of aromatic nitrogens is 7. The van der Waals surface area contributed by atoms with Crippen molar-refractivity contribution < 1.29 is 27.9 Å². The van der Waals surface area contributed by atoms with Gasteiger partial charge in [-0.05, 0) is 69.1 Å². The summed E-state index contributed by atoms with van der Waals surface area (Å²) in [6, 6.07) is 6.61. The molecule has 64 heavy (non-hydrogen) atoms. The molecule has 0 radical (unpaired) electrons. The van der Waals surface area contributed by atoms with Gasteiger partial charge >= 0.3 is 5.69 Å². The highest BCUT2D eigenvalue weighted by Crippen LogP contribution is 2.42. The van der Waals surface area contributed by atoms with Crippen LogP contribution in [0.15, 0.2) is 47.7 Å². The van der Waals surface area contributed by atoms with Crippen molar-refractivity contribution >= 4 is 45.9 Å². The summed E-state index contributed by atoms with van der Waals surface area (Å²) in [5.74, 6) is 6.45. The minimum absolute atomic E-state index is 0.00377. The standard InChI is InChI=1S/C45H52F2N12O5/c1-53-39-30(4-2-6-34(39)59(44(53)63)35-11-12-37(60)51-43(35)62)5-3-16-54-18-20-55(21-19-54)25-29-7-9-31(10-8-29)58-26-33(38(52-58)40(46)47)49-42(61)32-24-48-57-17-13-36(50-41(32)57)56-27-45(28-56)14-22-64-23-15-45/h2,4,6,13,17,24,26,29,31,35,40H,7-12,14-16,18-23,25,27-28H2,1H3,(H,49,61)(H,51,60,62)/t29-,31-,35?. The number of anilines is 2. The minimum Gasteiger partial charge on any atom is -0.381 e. The topological polar surface area (TPSA) is 169 Å². The summed E-state index contributed by atoms with van der Waals surface area (Å²) >= 11 is 0. The van der Waals surface area contributed by atoms with Crippen LogP contribution in [0.25, 0.3) is 16.7 Å². The van der Waals surface area contributed by atoms with E-state index in [0.717, 1.165) is 103 Å². The van der Waals surface area contributed by atoms with Gasteiger partial charge in [-0.15, -0.1) is 0 Å². The van der Waals surface area contributed by atoms with E-state index in [-0.39, 0.29) is 47.1 Å². The number of aryl methyl sites for hydroxylation is 1. The predicted molar refractivity (Wildman–Crippen MR) is 232 cm³/mol. The fourth-order valence-corrected chi connectivity index (χ4v) is 10.4. The zero-order chi connectivity index (χ0) is 44.1. The number of hydrogen-bond acceptors (Lipinski definition) is 11. The Balaban J connectivity index is 0.712. The SMILES string of the molecule is Cn1c(=O)n(C2CCC(=O)NC2=O)c2cccc(C#CCN3CCN(C[C@H]4CC[C@H](n5cc(NC(=O)c6cnn7ccc(N8CC9(CCOCC9)C8)nc67)c(C(F)F)n5)CC4)CC3)c21. The van der Waals surface area contributed by atoms with E-state index in [0.29, 0.717) is 34.7 Å². The average Bonchev–Trinajstić information content (AvgIpc) is 3.98. The molecule has 1 saturated carbocycles. The third kappa shape index (κ3) is 8.07. The van der Waals surface area contributed by atoms with Crippen LogP contribution in [0.5, 0.6) is 0 Å². The van der Waals surface area contributed by atoms with Crippen LogP contribution < -0.4 is 21.2 Å². The fraction of sp³-hybridized carbons (Fsp3) is 0.533. The molecular formula is C45H52F2N12O5. The number of rotatable bonds is 9. The smallest absolute Gasteiger partial charge is 0.329 e. The fourth-order valence-electron chi connectivity index (χ4n) is 10.4. The molecular weight excluding hydrogens is 827 g/mol. The second-order valence-corrected chi connectivity index (χ2v) is 18.1. The third-order valence-electron chi connectivity index (χ3n) is 14.1. The summed E-state index contributed by atoms with van der Waals surface area (Å²) in [5.41, 5.74) is 2.03. The molecule has 1 atom stereocenters.